The van der Waals surface area contributed by atoms with Crippen molar-refractivity contribution < 1.29 is 9.53 Å². The zero-order valence-electron chi connectivity index (χ0n) is 9.67. The van der Waals surface area contributed by atoms with Crippen LogP contribution in [0.1, 0.15) is 23.7 Å². The van der Waals surface area contributed by atoms with Gasteiger partial charge in [-0.1, -0.05) is 23.2 Å². The summed E-state index contributed by atoms with van der Waals surface area (Å²) >= 11 is 11.4. The van der Waals surface area contributed by atoms with Gasteiger partial charge in [-0.3, -0.25) is 4.79 Å². The van der Waals surface area contributed by atoms with Crippen molar-refractivity contribution in [1.29, 1.82) is 0 Å². The Morgan fingerprint density at radius 3 is 2.59 bits per heavy atom. The minimum Gasteiger partial charge on any atom is -0.385 e. The zero-order valence-corrected chi connectivity index (χ0v) is 11.2. The predicted octanol–water partition coefficient (Wildman–Crippen LogP) is 2.54. The number of carbonyl (C=O) groups is 1. The van der Waals surface area contributed by atoms with E-state index in [-0.39, 0.29) is 22.3 Å². The molecule has 1 N–H and O–H groups in total. The maximum Gasteiger partial charge on any atom is 0.251 e. The van der Waals surface area contributed by atoms with Crippen LogP contribution in [0.3, 0.4) is 0 Å². The number of pyridine rings is 1. The van der Waals surface area contributed by atoms with E-state index in [2.05, 4.69) is 10.3 Å². The van der Waals surface area contributed by atoms with Gasteiger partial charge in [-0.2, -0.15) is 0 Å². The fraction of sp³-hybridized carbons (Fsp3) is 0.455. The van der Waals surface area contributed by atoms with Gasteiger partial charge >= 0.3 is 0 Å². The molecule has 1 unspecified atom stereocenters. The number of hydrogen-bond acceptors (Lipinski definition) is 3. The van der Waals surface area contributed by atoms with E-state index >= 15 is 0 Å². The van der Waals surface area contributed by atoms with Gasteiger partial charge in [0.25, 0.3) is 5.91 Å². The van der Waals surface area contributed by atoms with Crippen molar-refractivity contribution in [2.24, 2.45) is 0 Å². The van der Waals surface area contributed by atoms with Crippen LogP contribution in [0.2, 0.25) is 10.3 Å². The molecule has 1 atom stereocenters. The van der Waals surface area contributed by atoms with Crippen molar-refractivity contribution in [2.75, 3.05) is 13.7 Å². The van der Waals surface area contributed by atoms with Crippen LogP contribution in [0.5, 0.6) is 0 Å². The molecule has 17 heavy (non-hydrogen) atoms. The fourth-order valence-corrected chi connectivity index (χ4v) is 1.73. The van der Waals surface area contributed by atoms with Gasteiger partial charge in [0.05, 0.1) is 0 Å². The van der Waals surface area contributed by atoms with Gasteiger partial charge in [-0.05, 0) is 25.5 Å². The SMILES string of the molecule is COCCC(C)NC(=O)c1cc(Cl)nc(Cl)c1. The monoisotopic (exact) mass is 276 g/mol. The minimum absolute atomic E-state index is 0.0215. The van der Waals surface area contributed by atoms with Crippen LogP contribution >= 0.6 is 23.2 Å². The van der Waals surface area contributed by atoms with Crippen LogP contribution in [0, 0.1) is 0 Å². The standard InChI is InChI=1S/C11H14Cl2N2O2/c1-7(3-4-17-2)14-11(16)8-5-9(12)15-10(13)6-8/h5-7H,3-4H2,1-2H3,(H,14,16). The van der Waals surface area contributed by atoms with Crippen LogP contribution in [0.4, 0.5) is 0 Å². The molecular weight excluding hydrogens is 263 g/mol. The van der Waals surface area contributed by atoms with Gasteiger partial charge in [0.1, 0.15) is 10.3 Å². The number of ether oxygens (including phenoxy) is 1. The Labute approximate surface area is 110 Å². The lowest BCUT2D eigenvalue weighted by Gasteiger charge is -2.13. The number of nitrogens with one attached hydrogen (secondary N) is 1. The Balaban J connectivity index is 2.63. The van der Waals surface area contributed by atoms with Crippen LogP contribution in [0.15, 0.2) is 12.1 Å². The lowest BCUT2D eigenvalue weighted by Crippen LogP contribution is -2.33. The maximum atomic E-state index is 11.8. The lowest BCUT2D eigenvalue weighted by atomic mass is 10.2. The van der Waals surface area contributed by atoms with Crippen molar-refractivity contribution in [3.8, 4) is 0 Å². The summed E-state index contributed by atoms with van der Waals surface area (Å²) in [5, 5.41) is 3.22. The topological polar surface area (TPSA) is 51.2 Å². The molecule has 0 radical (unpaired) electrons. The highest BCUT2D eigenvalue weighted by atomic mass is 35.5. The Morgan fingerprint density at radius 1 is 1.47 bits per heavy atom. The summed E-state index contributed by atoms with van der Waals surface area (Å²) in [6.45, 7) is 2.50. The molecule has 1 heterocycles. The van der Waals surface area contributed by atoms with E-state index in [1.165, 1.54) is 12.1 Å². The maximum absolute atomic E-state index is 11.8. The molecule has 94 valence electrons. The molecule has 0 aliphatic rings. The smallest absolute Gasteiger partial charge is 0.251 e. The van der Waals surface area contributed by atoms with E-state index in [1.54, 1.807) is 7.11 Å². The highest BCUT2D eigenvalue weighted by molar-refractivity contribution is 6.33. The molecule has 4 nitrogen and oxygen atoms in total. The minimum atomic E-state index is -0.222. The average Bonchev–Trinajstić information content (AvgIpc) is 2.25. The van der Waals surface area contributed by atoms with E-state index in [0.717, 1.165) is 6.42 Å². The summed E-state index contributed by atoms with van der Waals surface area (Å²) in [6, 6.07) is 2.98. The summed E-state index contributed by atoms with van der Waals surface area (Å²) in [7, 11) is 1.62. The number of nitrogens with zero attached hydrogens (tertiary/aromatic N) is 1. The second-order valence-corrected chi connectivity index (χ2v) is 4.43. The third kappa shape index (κ3) is 4.89. The largest absolute Gasteiger partial charge is 0.385 e. The normalized spacial score (nSPS) is 12.2. The molecule has 1 aromatic rings. The molecule has 0 bridgehead atoms. The molecule has 1 aromatic heterocycles. The number of hydrogen-bond donors (Lipinski definition) is 1. The zero-order chi connectivity index (χ0) is 12.8. The first kappa shape index (κ1) is 14.2. The number of methoxy groups -OCH3 is 1. The predicted molar refractivity (Wildman–Crippen MR) is 67.7 cm³/mol. The third-order valence-corrected chi connectivity index (χ3v) is 2.54. The third-order valence-electron chi connectivity index (χ3n) is 2.16. The molecule has 6 heteroatoms. The molecule has 0 spiro atoms. The highest BCUT2D eigenvalue weighted by Crippen LogP contribution is 2.14. The van der Waals surface area contributed by atoms with Gasteiger partial charge in [-0.15, -0.1) is 0 Å². The highest BCUT2D eigenvalue weighted by Gasteiger charge is 2.11. The number of amides is 1. The second-order valence-electron chi connectivity index (χ2n) is 3.66. The van der Waals surface area contributed by atoms with Crippen LogP contribution in [-0.2, 0) is 4.74 Å². The molecule has 0 aromatic carbocycles. The molecule has 1 amide bonds. The Morgan fingerprint density at radius 2 is 2.06 bits per heavy atom. The van der Waals surface area contributed by atoms with Crippen molar-refractivity contribution in [3.05, 3.63) is 28.0 Å². The number of carbonyl (C=O) groups excluding carboxylic acids is 1. The van der Waals surface area contributed by atoms with Gasteiger partial charge in [-0.25, -0.2) is 4.98 Å². The van der Waals surface area contributed by atoms with Gasteiger partial charge in [0.15, 0.2) is 0 Å². The van der Waals surface area contributed by atoms with E-state index in [0.29, 0.717) is 12.2 Å². The second kappa shape index (κ2) is 6.79. The van der Waals surface area contributed by atoms with Gasteiger partial charge < -0.3 is 10.1 Å². The number of rotatable bonds is 5. The lowest BCUT2D eigenvalue weighted by molar-refractivity contribution is 0.0929. The summed E-state index contributed by atoms with van der Waals surface area (Å²) in [4.78, 5) is 15.6. The molecular formula is C11H14Cl2N2O2. The van der Waals surface area contributed by atoms with Gasteiger partial charge in [0, 0.05) is 25.3 Å². The molecule has 0 aliphatic carbocycles. The van der Waals surface area contributed by atoms with E-state index < -0.39 is 0 Å². The van der Waals surface area contributed by atoms with E-state index in [9.17, 15) is 4.79 Å². The summed E-state index contributed by atoms with van der Waals surface area (Å²) in [5.74, 6) is -0.222. The van der Waals surface area contributed by atoms with Crippen molar-refractivity contribution in [1.82, 2.24) is 10.3 Å². The van der Waals surface area contributed by atoms with E-state index in [1.807, 2.05) is 6.92 Å². The fourth-order valence-electron chi connectivity index (χ4n) is 1.27. The van der Waals surface area contributed by atoms with Crippen molar-refractivity contribution in [2.45, 2.75) is 19.4 Å². The first-order valence-corrected chi connectivity index (χ1v) is 5.91. The molecule has 0 aliphatic heterocycles. The molecule has 0 saturated carbocycles. The summed E-state index contributed by atoms with van der Waals surface area (Å²) in [6.07, 6.45) is 0.745. The average molecular weight is 277 g/mol. The Hall–Kier alpha value is -0.840. The Bertz CT molecular complexity index is 379. The number of aromatic nitrogens is 1. The number of halogens is 2. The Kier molecular flexibility index (Phi) is 5.68. The van der Waals surface area contributed by atoms with Crippen molar-refractivity contribution in [3.63, 3.8) is 0 Å². The molecule has 0 fully saturated rings. The van der Waals surface area contributed by atoms with Crippen LogP contribution < -0.4 is 5.32 Å². The summed E-state index contributed by atoms with van der Waals surface area (Å²) < 4.78 is 4.93. The first-order chi connectivity index (χ1) is 8.02. The quantitative estimate of drug-likeness (QED) is 0.841. The van der Waals surface area contributed by atoms with Crippen molar-refractivity contribution >= 4 is 29.1 Å². The van der Waals surface area contributed by atoms with E-state index in [4.69, 9.17) is 27.9 Å². The molecule has 1 rings (SSSR count). The summed E-state index contributed by atoms with van der Waals surface area (Å²) in [5.41, 5.74) is 0.402. The first-order valence-electron chi connectivity index (χ1n) is 5.16. The molecule has 0 saturated heterocycles. The van der Waals surface area contributed by atoms with Crippen LogP contribution in [-0.4, -0.2) is 30.6 Å². The van der Waals surface area contributed by atoms with Crippen LogP contribution in [0.25, 0.3) is 0 Å². The van der Waals surface area contributed by atoms with Gasteiger partial charge in [0.2, 0.25) is 0 Å².